The molecule has 0 unspecified atom stereocenters. The fourth-order valence-corrected chi connectivity index (χ4v) is 5.73. The van der Waals surface area contributed by atoms with Gasteiger partial charge < -0.3 is 15.6 Å². The highest BCUT2D eigenvalue weighted by Crippen LogP contribution is 2.36. The summed E-state index contributed by atoms with van der Waals surface area (Å²) in [7, 11) is 0. The number of aromatic nitrogens is 4. The van der Waals surface area contributed by atoms with E-state index in [1.54, 1.807) is 6.20 Å². The largest absolute Gasteiger partial charge is 0.382 e. The van der Waals surface area contributed by atoms with E-state index < -0.39 is 0 Å². The van der Waals surface area contributed by atoms with Gasteiger partial charge in [0.2, 0.25) is 5.91 Å². The molecule has 2 fully saturated rings. The van der Waals surface area contributed by atoms with Crippen LogP contribution in [0.5, 0.6) is 0 Å². The Labute approximate surface area is 193 Å². The lowest BCUT2D eigenvalue weighted by Crippen LogP contribution is -2.42. The van der Waals surface area contributed by atoms with Crippen molar-refractivity contribution >= 4 is 28.1 Å². The van der Waals surface area contributed by atoms with Crippen LogP contribution in [-0.2, 0) is 4.79 Å². The summed E-state index contributed by atoms with van der Waals surface area (Å²) >= 11 is 0. The number of piperidine rings is 1. The third kappa shape index (κ3) is 3.56. The van der Waals surface area contributed by atoms with E-state index in [9.17, 15) is 4.79 Å². The number of hydrogen-bond acceptors (Lipinski definition) is 4. The number of rotatable bonds is 3. The quantitative estimate of drug-likeness (QED) is 0.479. The highest BCUT2D eigenvalue weighted by molar-refractivity contribution is 5.91. The van der Waals surface area contributed by atoms with Gasteiger partial charge in [-0.15, -0.1) is 0 Å². The van der Waals surface area contributed by atoms with Gasteiger partial charge in [-0.05, 0) is 37.8 Å². The highest BCUT2D eigenvalue weighted by Gasteiger charge is 2.31. The fraction of sp³-hybridized carbons (Fsp3) is 0.423. The zero-order valence-corrected chi connectivity index (χ0v) is 18.8. The number of hydrogen-bond donors (Lipinski definition) is 2. The normalized spacial score (nSPS) is 18.4. The van der Waals surface area contributed by atoms with Gasteiger partial charge in [0, 0.05) is 48.2 Å². The molecule has 1 aliphatic heterocycles. The number of nitrogens with zero attached hydrogens (tertiary/aromatic N) is 4. The molecule has 0 atom stereocenters. The van der Waals surface area contributed by atoms with Crippen molar-refractivity contribution in [3.05, 3.63) is 48.5 Å². The van der Waals surface area contributed by atoms with Crippen LogP contribution in [0.4, 0.5) is 5.82 Å². The Kier molecular flexibility index (Phi) is 5.04. The van der Waals surface area contributed by atoms with Crippen LogP contribution in [-0.4, -0.2) is 43.2 Å². The van der Waals surface area contributed by atoms with Crippen LogP contribution in [0.25, 0.3) is 27.8 Å². The molecule has 7 nitrogen and oxygen atoms in total. The molecule has 6 rings (SSSR count). The van der Waals surface area contributed by atoms with Gasteiger partial charge in [-0.3, -0.25) is 9.20 Å². The average molecular weight is 443 g/mol. The van der Waals surface area contributed by atoms with Gasteiger partial charge in [-0.2, -0.15) is 0 Å². The summed E-state index contributed by atoms with van der Waals surface area (Å²) in [6.45, 7) is 1.61. The second kappa shape index (κ2) is 8.21. The second-order valence-electron chi connectivity index (χ2n) is 9.55. The van der Waals surface area contributed by atoms with Crippen molar-refractivity contribution in [2.45, 2.75) is 50.9 Å². The lowest BCUT2D eigenvalue weighted by molar-refractivity contribution is -0.137. The van der Waals surface area contributed by atoms with Gasteiger partial charge in [-0.25, -0.2) is 9.97 Å². The third-order valence-corrected chi connectivity index (χ3v) is 7.52. The Morgan fingerprint density at radius 1 is 1.06 bits per heavy atom. The first kappa shape index (κ1) is 20.3. The van der Waals surface area contributed by atoms with E-state index in [2.05, 4.69) is 37.5 Å². The molecule has 1 aromatic carbocycles. The van der Waals surface area contributed by atoms with E-state index >= 15 is 0 Å². The maximum atomic E-state index is 13.0. The lowest BCUT2D eigenvalue weighted by Gasteiger charge is -2.34. The molecule has 0 spiro atoms. The Morgan fingerprint density at radius 2 is 1.85 bits per heavy atom. The molecule has 33 heavy (non-hydrogen) atoms. The third-order valence-electron chi connectivity index (χ3n) is 7.52. The number of para-hydroxylation sites is 1. The van der Waals surface area contributed by atoms with E-state index in [1.165, 1.54) is 19.3 Å². The number of nitrogens with one attached hydrogen (secondary N) is 1. The molecule has 4 aromatic rings. The Bertz CT molecular complexity index is 1270. The summed E-state index contributed by atoms with van der Waals surface area (Å²) in [5.41, 5.74) is 10.0. The Hall–Kier alpha value is -3.35. The molecule has 4 heterocycles. The summed E-state index contributed by atoms with van der Waals surface area (Å²) in [6.07, 6.45) is 11.3. The molecule has 1 saturated heterocycles. The van der Waals surface area contributed by atoms with Crippen LogP contribution in [0.3, 0.4) is 0 Å². The molecular formula is C26H30N6O. The van der Waals surface area contributed by atoms with Gasteiger partial charge in [0.1, 0.15) is 22.9 Å². The summed E-state index contributed by atoms with van der Waals surface area (Å²) in [5.74, 6) is 2.38. The predicted molar refractivity (Wildman–Crippen MR) is 130 cm³/mol. The number of carbonyl (C=O) groups is 1. The second-order valence-corrected chi connectivity index (χ2v) is 9.55. The number of amides is 1. The van der Waals surface area contributed by atoms with Crippen LogP contribution in [0.1, 0.15) is 56.7 Å². The lowest BCUT2D eigenvalue weighted by atomic mass is 9.87. The first-order chi connectivity index (χ1) is 16.2. The fourth-order valence-electron chi connectivity index (χ4n) is 5.73. The minimum absolute atomic E-state index is 0.238. The molecule has 1 aliphatic carbocycles. The number of likely N-dealkylation sites (tertiary alicyclic amines) is 1. The van der Waals surface area contributed by atoms with Crippen molar-refractivity contribution in [2.24, 2.45) is 5.92 Å². The highest BCUT2D eigenvalue weighted by atomic mass is 16.2. The standard InChI is InChI=1S/C26H30N6O/c27-24-23-22(21-16-19-8-4-5-9-20(19)29-21)30-25(32(23)15-12-28-24)17-10-13-31(14-11-17)26(33)18-6-2-1-3-7-18/h4-5,8-9,12,15-18,29H,1-3,6-7,10-11,13-14H2,(H2,27,28). The summed E-state index contributed by atoms with van der Waals surface area (Å²) in [6, 6.07) is 10.3. The molecule has 1 saturated carbocycles. The maximum absolute atomic E-state index is 13.0. The minimum atomic E-state index is 0.238. The molecule has 7 heteroatoms. The first-order valence-electron chi connectivity index (χ1n) is 12.2. The van der Waals surface area contributed by atoms with Crippen LogP contribution in [0.15, 0.2) is 42.7 Å². The van der Waals surface area contributed by atoms with Crippen LogP contribution in [0.2, 0.25) is 0 Å². The van der Waals surface area contributed by atoms with E-state index in [4.69, 9.17) is 10.7 Å². The molecule has 170 valence electrons. The topological polar surface area (TPSA) is 92.3 Å². The predicted octanol–water partition coefficient (Wildman–Crippen LogP) is 4.75. The van der Waals surface area contributed by atoms with Gasteiger partial charge in [0.15, 0.2) is 0 Å². The molecule has 3 aromatic heterocycles. The molecule has 3 N–H and O–H groups in total. The van der Waals surface area contributed by atoms with E-state index in [0.29, 0.717) is 11.7 Å². The SMILES string of the molecule is Nc1nccn2c(C3CCN(C(=O)C4CCCCC4)CC3)nc(-c3cc4ccccc4[nH]3)c12. The van der Waals surface area contributed by atoms with Crippen molar-refractivity contribution in [3.8, 4) is 11.4 Å². The monoisotopic (exact) mass is 442 g/mol. The molecule has 0 radical (unpaired) electrons. The van der Waals surface area contributed by atoms with E-state index in [1.807, 2.05) is 18.3 Å². The average Bonchev–Trinajstić information content (AvgIpc) is 3.47. The number of benzene rings is 1. The van der Waals surface area contributed by atoms with E-state index in [-0.39, 0.29) is 11.8 Å². The smallest absolute Gasteiger partial charge is 0.225 e. The number of anilines is 1. The van der Waals surface area contributed by atoms with Gasteiger partial charge in [0.05, 0.1) is 5.69 Å². The summed E-state index contributed by atoms with van der Waals surface area (Å²) in [4.78, 5) is 28.0. The van der Waals surface area contributed by atoms with Crippen molar-refractivity contribution in [1.82, 2.24) is 24.3 Å². The Balaban J connectivity index is 1.30. The number of H-pyrrole nitrogens is 1. The number of nitrogen functional groups attached to an aromatic ring is 1. The number of fused-ring (bicyclic) bond motifs is 2. The van der Waals surface area contributed by atoms with E-state index in [0.717, 1.165) is 72.4 Å². The van der Waals surface area contributed by atoms with Crippen molar-refractivity contribution in [2.75, 3.05) is 18.8 Å². The number of imidazole rings is 1. The summed E-state index contributed by atoms with van der Waals surface area (Å²) in [5, 5.41) is 1.15. The molecule has 0 bridgehead atoms. The molecule has 1 amide bonds. The Morgan fingerprint density at radius 3 is 2.64 bits per heavy atom. The number of nitrogens with two attached hydrogens (primary N) is 1. The first-order valence-corrected chi connectivity index (χ1v) is 12.2. The maximum Gasteiger partial charge on any atom is 0.225 e. The minimum Gasteiger partial charge on any atom is -0.382 e. The molecule has 2 aliphatic rings. The van der Waals surface area contributed by atoms with Crippen molar-refractivity contribution in [1.29, 1.82) is 0 Å². The van der Waals surface area contributed by atoms with Gasteiger partial charge in [0.25, 0.3) is 0 Å². The zero-order chi connectivity index (χ0) is 22.4. The van der Waals surface area contributed by atoms with Gasteiger partial charge >= 0.3 is 0 Å². The molecular weight excluding hydrogens is 412 g/mol. The van der Waals surface area contributed by atoms with Gasteiger partial charge in [-0.1, -0.05) is 37.5 Å². The summed E-state index contributed by atoms with van der Waals surface area (Å²) < 4.78 is 2.10. The zero-order valence-electron chi connectivity index (χ0n) is 18.8. The van der Waals surface area contributed by atoms with Crippen LogP contribution >= 0.6 is 0 Å². The van der Waals surface area contributed by atoms with Crippen molar-refractivity contribution in [3.63, 3.8) is 0 Å². The van der Waals surface area contributed by atoms with Crippen LogP contribution < -0.4 is 5.73 Å². The number of aromatic amines is 1. The number of carbonyl (C=O) groups excluding carboxylic acids is 1. The van der Waals surface area contributed by atoms with Crippen LogP contribution in [0, 0.1) is 5.92 Å². The van der Waals surface area contributed by atoms with Crippen molar-refractivity contribution < 1.29 is 4.79 Å².